The number of benzene rings is 1. The Labute approximate surface area is 142 Å². The molecule has 0 bridgehead atoms. The molecule has 0 atom stereocenters. The van der Waals surface area contributed by atoms with Crippen LogP contribution >= 0.6 is 11.6 Å². The van der Waals surface area contributed by atoms with Crippen molar-refractivity contribution in [3.05, 3.63) is 46.6 Å². The zero-order valence-electron chi connectivity index (χ0n) is 13.2. The third-order valence-corrected chi connectivity index (χ3v) is 3.24. The SMILES string of the molecule is Cc1cc(N=CN(C)C)cnc1Oc1ccc(Cl)c(C(F)(F)F)c1. The molecule has 0 saturated heterocycles. The molecule has 128 valence electrons. The number of aryl methyl sites for hydroxylation is 1. The molecule has 0 fully saturated rings. The molecule has 0 radical (unpaired) electrons. The smallest absolute Gasteiger partial charge is 0.417 e. The van der Waals surface area contributed by atoms with Crippen LogP contribution in [-0.4, -0.2) is 30.3 Å². The second kappa shape index (κ2) is 7.09. The van der Waals surface area contributed by atoms with Crippen LogP contribution in [0.4, 0.5) is 18.9 Å². The van der Waals surface area contributed by atoms with Crippen LogP contribution in [0.25, 0.3) is 0 Å². The van der Waals surface area contributed by atoms with E-state index in [0.29, 0.717) is 11.3 Å². The van der Waals surface area contributed by atoms with Gasteiger partial charge >= 0.3 is 6.18 Å². The van der Waals surface area contributed by atoms with Crippen molar-refractivity contribution < 1.29 is 17.9 Å². The lowest BCUT2D eigenvalue weighted by atomic mass is 10.2. The number of hydrogen-bond acceptors (Lipinski definition) is 3. The molecule has 0 N–H and O–H groups in total. The number of aliphatic imine (C=N–C) groups is 1. The standard InChI is InChI=1S/C16H15ClF3N3O/c1-10-6-11(22-9-23(2)3)8-21-15(10)24-12-4-5-14(17)13(7-12)16(18,19)20/h4-9H,1-3H3. The van der Waals surface area contributed by atoms with Gasteiger partial charge in [-0.05, 0) is 31.2 Å². The molecule has 24 heavy (non-hydrogen) atoms. The number of aromatic nitrogens is 1. The van der Waals surface area contributed by atoms with Gasteiger partial charge < -0.3 is 9.64 Å². The summed E-state index contributed by atoms with van der Waals surface area (Å²) in [7, 11) is 3.67. The van der Waals surface area contributed by atoms with Crippen molar-refractivity contribution >= 4 is 23.6 Å². The van der Waals surface area contributed by atoms with Crippen LogP contribution in [0.2, 0.25) is 5.02 Å². The molecule has 1 aromatic carbocycles. The third kappa shape index (κ3) is 4.61. The summed E-state index contributed by atoms with van der Waals surface area (Å²) in [5.41, 5.74) is 0.305. The van der Waals surface area contributed by atoms with Crippen LogP contribution in [-0.2, 0) is 6.18 Å². The van der Waals surface area contributed by atoms with E-state index in [1.807, 2.05) is 14.1 Å². The van der Waals surface area contributed by atoms with Gasteiger partial charge in [0.25, 0.3) is 0 Å². The fourth-order valence-corrected chi connectivity index (χ4v) is 2.03. The molecule has 0 aliphatic rings. The summed E-state index contributed by atoms with van der Waals surface area (Å²) in [4.78, 5) is 10.1. The molecule has 0 unspecified atom stereocenters. The second-order valence-electron chi connectivity index (χ2n) is 5.27. The highest BCUT2D eigenvalue weighted by molar-refractivity contribution is 6.31. The van der Waals surface area contributed by atoms with E-state index in [9.17, 15) is 13.2 Å². The Bertz CT molecular complexity index is 761. The molecule has 1 heterocycles. The van der Waals surface area contributed by atoms with Crippen molar-refractivity contribution in [1.29, 1.82) is 0 Å². The van der Waals surface area contributed by atoms with E-state index in [-0.39, 0.29) is 16.7 Å². The molecule has 0 spiro atoms. The molecule has 2 aromatic rings. The Morgan fingerprint density at radius 1 is 1.25 bits per heavy atom. The first-order valence-electron chi connectivity index (χ1n) is 6.88. The fraction of sp³-hybridized carbons (Fsp3) is 0.250. The van der Waals surface area contributed by atoms with Crippen LogP contribution in [0.1, 0.15) is 11.1 Å². The van der Waals surface area contributed by atoms with Crippen molar-refractivity contribution in [2.24, 2.45) is 4.99 Å². The number of rotatable bonds is 4. The van der Waals surface area contributed by atoms with Gasteiger partial charge in [-0.1, -0.05) is 11.6 Å². The summed E-state index contributed by atoms with van der Waals surface area (Å²) < 4.78 is 44.1. The molecule has 1 aromatic heterocycles. The molecule has 8 heteroatoms. The Kier molecular flexibility index (Phi) is 5.33. The summed E-state index contributed by atoms with van der Waals surface area (Å²) in [6.07, 6.45) is -1.46. The van der Waals surface area contributed by atoms with Crippen molar-refractivity contribution in [3.63, 3.8) is 0 Å². The number of nitrogens with zero attached hydrogens (tertiary/aromatic N) is 3. The molecule has 4 nitrogen and oxygen atoms in total. The predicted octanol–water partition coefficient (Wildman–Crippen LogP) is 5.08. The maximum atomic E-state index is 12.9. The summed E-state index contributed by atoms with van der Waals surface area (Å²) >= 11 is 5.59. The quantitative estimate of drug-likeness (QED) is 0.566. The van der Waals surface area contributed by atoms with E-state index in [4.69, 9.17) is 16.3 Å². The molecular weight excluding hydrogens is 343 g/mol. The van der Waals surface area contributed by atoms with Crippen LogP contribution in [0.15, 0.2) is 35.5 Å². The summed E-state index contributed by atoms with van der Waals surface area (Å²) in [5.74, 6) is 0.209. The first kappa shape index (κ1) is 18.1. The molecule has 0 aliphatic heterocycles. The zero-order valence-corrected chi connectivity index (χ0v) is 14.0. The fourth-order valence-electron chi connectivity index (χ4n) is 1.80. The molecule has 0 saturated carbocycles. The minimum Gasteiger partial charge on any atom is -0.439 e. The van der Waals surface area contributed by atoms with E-state index in [1.165, 1.54) is 12.3 Å². The van der Waals surface area contributed by atoms with Crippen LogP contribution in [0.5, 0.6) is 11.6 Å². The third-order valence-electron chi connectivity index (χ3n) is 2.91. The highest BCUT2D eigenvalue weighted by Gasteiger charge is 2.33. The zero-order chi connectivity index (χ0) is 17.9. The maximum absolute atomic E-state index is 12.9. The van der Waals surface area contributed by atoms with Gasteiger partial charge in [-0.15, -0.1) is 0 Å². The largest absolute Gasteiger partial charge is 0.439 e. The average molecular weight is 358 g/mol. The molecule has 0 amide bonds. The highest BCUT2D eigenvalue weighted by Crippen LogP contribution is 2.37. The van der Waals surface area contributed by atoms with E-state index in [2.05, 4.69) is 9.98 Å². The Morgan fingerprint density at radius 3 is 2.54 bits per heavy atom. The lowest BCUT2D eigenvalue weighted by Crippen LogP contribution is -2.07. The van der Waals surface area contributed by atoms with Crippen molar-refractivity contribution in [2.75, 3.05) is 14.1 Å². The van der Waals surface area contributed by atoms with Crippen molar-refractivity contribution in [2.45, 2.75) is 13.1 Å². The first-order chi connectivity index (χ1) is 11.2. The van der Waals surface area contributed by atoms with E-state index >= 15 is 0 Å². The Morgan fingerprint density at radius 2 is 1.96 bits per heavy atom. The van der Waals surface area contributed by atoms with Gasteiger partial charge in [-0.25, -0.2) is 9.98 Å². The lowest BCUT2D eigenvalue weighted by Gasteiger charge is -2.12. The predicted molar refractivity (Wildman–Crippen MR) is 87.3 cm³/mol. The van der Waals surface area contributed by atoms with Gasteiger partial charge in [-0.2, -0.15) is 13.2 Å². The average Bonchev–Trinajstić information content (AvgIpc) is 2.48. The molecule has 0 aliphatic carbocycles. The number of pyridine rings is 1. The minimum atomic E-state index is -4.55. The maximum Gasteiger partial charge on any atom is 0.417 e. The summed E-state index contributed by atoms with van der Waals surface area (Å²) in [6, 6.07) is 5.08. The van der Waals surface area contributed by atoms with Crippen molar-refractivity contribution in [3.8, 4) is 11.6 Å². The van der Waals surface area contributed by atoms with E-state index in [0.717, 1.165) is 12.1 Å². The van der Waals surface area contributed by atoms with Gasteiger partial charge in [0.1, 0.15) is 5.75 Å². The summed E-state index contributed by atoms with van der Waals surface area (Å²) in [6.45, 7) is 1.73. The van der Waals surface area contributed by atoms with Crippen LogP contribution in [0.3, 0.4) is 0 Å². The topological polar surface area (TPSA) is 37.7 Å². The van der Waals surface area contributed by atoms with Gasteiger partial charge in [-0.3, -0.25) is 0 Å². The van der Waals surface area contributed by atoms with Crippen LogP contribution < -0.4 is 4.74 Å². The van der Waals surface area contributed by atoms with Gasteiger partial charge in [0.05, 0.1) is 28.8 Å². The lowest BCUT2D eigenvalue weighted by molar-refractivity contribution is -0.137. The van der Waals surface area contributed by atoms with Gasteiger partial charge in [0, 0.05) is 19.7 Å². The minimum absolute atomic E-state index is 0.00636. The Hall–Kier alpha value is -2.28. The summed E-state index contributed by atoms with van der Waals surface area (Å²) in [5, 5.41) is -0.382. The first-order valence-corrected chi connectivity index (χ1v) is 7.26. The van der Waals surface area contributed by atoms with Gasteiger partial charge in [0.2, 0.25) is 5.88 Å². The molecular formula is C16H15ClF3N3O. The highest BCUT2D eigenvalue weighted by atomic mass is 35.5. The monoisotopic (exact) mass is 357 g/mol. The molecule has 2 rings (SSSR count). The number of halogens is 4. The van der Waals surface area contributed by atoms with Crippen LogP contribution in [0, 0.1) is 6.92 Å². The normalized spacial score (nSPS) is 11.8. The van der Waals surface area contributed by atoms with E-state index < -0.39 is 11.7 Å². The second-order valence-corrected chi connectivity index (χ2v) is 5.67. The van der Waals surface area contributed by atoms with Gasteiger partial charge in [0.15, 0.2) is 0 Å². The number of hydrogen-bond donors (Lipinski definition) is 0. The number of ether oxygens (including phenoxy) is 1. The Balaban J connectivity index is 2.26. The number of alkyl halides is 3. The van der Waals surface area contributed by atoms with Crippen molar-refractivity contribution in [1.82, 2.24) is 9.88 Å². The van der Waals surface area contributed by atoms with E-state index in [1.54, 1.807) is 24.2 Å².